The summed E-state index contributed by atoms with van der Waals surface area (Å²) in [5.74, 6) is -0.0888. The first-order chi connectivity index (χ1) is 16.3. The first kappa shape index (κ1) is 26.7. The standard InChI is InChI=1S/C25H23BrF3NO4S/c1-17(2)15-30(24(31)19-7-4-9-21(26)13-19)16-18-6-3-10-22(12-18)34-35(32,33)23-11-5-8-20(14-23)25(27,28)29/h3-14,17H,15-16H2,1-2H3. The lowest BCUT2D eigenvalue weighted by molar-refractivity contribution is -0.137. The third kappa shape index (κ3) is 7.32. The van der Waals surface area contributed by atoms with Crippen LogP contribution in [0.1, 0.15) is 35.3 Å². The van der Waals surface area contributed by atoms with E-state index >= 15 is 0 Å². The molecule has 0 atom stereocenters. The first-order valence-electron chi connectivity index (χ1n) is 10.6. The van der Waals surface area contributed by atoms with Crippen LogP contribution < -0.4 is 4.18 Å². The number of carbonyl (C=O) groups is 1. The molecule has 0 spiro atoms. The molecule has 0 N–H and O–H groups in total. The van der Waals surface area contributed by atoms with Crippen molar-refractivity contribution in [3.63, 3.8) is 0 Å². The Kier molecular flexibility index (Phi) is 8.27. The molecule has 10 heteroatoms. The van der Waals surface area contributed by atoms with Crippen LogP contribution in [0, 0.1) is 5.92 Å². The molecule has 0 aliphatic heterocycles. The molecule has 0 aliphatic rings. The lowest BCUT2D eigenvalue weighted by Crippen LogP contribution is -2.33. The summed E-state index contributed by atoms with van der Waals surface area (Å²) in [5, 5.41) is 0. The molecule has 0 fully saturated rings. The summed E-state index contributed by atoms with van der Waals surface area (Å²) >= 11 is 3.36. The normalized spacial score (nSPS) is 12.0. The van der Waals surface area contributed by atoms with Crippen LogP contribution in [0.3, 0.4) is 0 Å². The molecule has 5 nitrogen and oxygen atoms in total. The van der Waals surface area contributed by atoms with Crippen molar-refractivity contribution in [2.45, 2.75) is 31.5 Å². The average Bonchev–Trinajstić information content (AvgIpc) is 2.77. The van der Waals surface area contributed by atoms with Gasteiger partial charge < -0.3 is 9.08 Å². The van der Waals surface area contributed by atoms with Crippen LogP contribution >= 0.6 is 15.9 Å². The minimum absolute atomic E-state index is 0.0701. The van der Waals surface area contributed by atoms with Crippen molar-refractivity contribution in [3.05, 3.63) is 94.0 Å². The van der Waals surface area contributed by atoms with Gasteiger partial charge >= 0.3 is 16.3 Å². The maximum Gasteiger partial charge on any atom is 0.416 e. The Morgan fingerprint density at radius 2 is 1.69 bits per heavy atom. The molecule has 0 unspecified atom stereocenters. The van der Waals surface area contributed by atoms with Gasteiger partial charge in [0.25, 0.3) is 5.91 Å². The molecule has 186 valence electrons. The van der Waals surface area contributed by atoms with E-state index in [9.17, 15) is 26.4 Å². The maximum absolute atomic E-state index is 13.1. The van der Waals surface area contributed by atoms with Crippen LogP contribution in [0.5, 0.6) is 5.75 Å². The topological polar surface area (TPSA) is 63.7 Å². The van der Waals surface area contributed by atoms with E-state index in [0.717, 1.165) is 22.7 Å². The Labute approximate surface area is 210 Å². The van der Waals surface area contributed by atoms with E-state index in [1.807, 2.05) is 19.9 Å². The first-order valence-corrected chi connectivity index (χ1v) is 12.8. The molecule has 0 bridgehead atoms. The molecule has 0 saturated carbocycles. The summed E-state index contributed by atoms with van der Waals surface area (Å²) in [5.41, 5.74) is 0.0107. The van der Waals surface area contributed by atoms with E-state index in [0.29, 0.717) is 23.7 Å². The summed E-state index contributed by atoms with van der Waals surface area (Å²) in [6, 6.07) is 16.5. The minimum atomic E-state index is -4.69. The lowest BCUT2D eigenvalue weighted by atomic mass is 10.1. The van der Waals surface area contributed by atoms with Gasteiger partial charge in [-0.1, -0.05) is 54.0 Å². The van der Waals surface area contributed by atoms with Crippen LogP contribution in [0.25, 0.3) is 0 Å². The minimum Gasteiger partial charge on any atom is -0.379 e. The highest BCUT2D eigenvalue weighted by Gasteiger charge is 2.32. The molecule has 1 amide bonds. The van der Waals surface area contributed by atoms with E-state index < -0.39 is 26.8 Å². The highest BCUT2D eigenvalue weighted by molar-refractivity contribution is 9.10. The van der Waals surface area contributed by atoms with Gasteiger partial charge in [-0.15, -0.1) is 0 Å². The van der Waals surface area contributed by atoms with Gasteiger partial charge in [0, 0.05) is 23.1 Å². The summed E-state index contributed by atoms with van der Waals surface area (Å²) in [7, 11) is -4.51. The molecular formula is C25H23BrF3NO4S. The zero-order valence-electron chi connectivity index (χ0n) is 18.9. The fraction of sp³-hybridized carbons (Fsp3) is 0.240. The van der Waals surface area contributed by atoms with Gasteiger partial charge in [-0.2, -0.15) is 21.6 Å². The van der Waals surface area contributed by atoms with Gasteiger partial charge in [0.2, 0.25) is 0 Å². The maximum atomic E-state index is 13.1. The third-order valence-corrected chi connectivity index (χ3v) is 6.61. The number of amides is 1. The average molecular weight is 570 g/mol. The summed E-state index contributed by atoms with van der Waals surface area (Å²) < 4.78 is 70.1. The summed E-state index contributed by atoms with van der Waals surface area (Å²) in [4.78, 5) is 14.2. The highest BCUT2D eigenvalue weighted by atomic mass is 79.9. The second kappa shape index (κ2) is 10.8. The van der Waals surface area contributed by atoms with Crippen LogP contribution in [-0.4, -0.2) is 25.8 Å². The summed E-state index contributed by atoms with van der Waals surface area (Å²) in [6.07, 6.45) is -4.69. The van der Waals surface area contributed by atoms with Gasteiger partial charge in [-0.3, -0.25) is 4.79 Å². The number of nitrogens with zero attached hydrogens (tertiary/aromatic N) is 1. The second-order valence-corrected chi connectivity index (χ2v) is 10.8. The molecule has 0 aliphatic carbocycles. The quantitative estimate of drug-likeness (QED) is 0.289. The molecule has 35 heavy (non-hydrogen) atoms. The van der Waals surface area contributed by atoms with E-state index in [4.69, 9.17) is 4.18 Å². The zero-order chi connectivity index (χ0) is 25.8. The Hall–Kier alpha value is -2.85. The SMILES string of the molecule is CC(C)CN(Cc1cccc(OS(=O)(=O)c2cccc(C(F)(F)F)c2)c1)C(=O)c1cccc(Br)c1. The van der Waals surface area contributed by atoms with E-state index in [1.165, 1.54) is 12.1 Å². The Morgan fingerprint density at radius 1 is 1.00 bits per heavy atom. The van der Waals surface area contributed by atoms with Gasteiger partial charge in [0.15, 0.2) is 0 Å². The number of hydrogen-bond acceptors (Lipinski definition) is 4. The molecule has 0 heterocycles. The largest absolute Gasteiger partial charge is 0.416 e. The molecule has 3 aromatic carbocycles. The van der Waals surface area contributed by atoms with Crippen molar-refractivity contribution < 1.29 is 30.6 Å². The van der Waals surface area contributed by atoms with E-state index in [2.05, 4.69) is 15.9 Å². The Balaban J connectivity index is 1.84. The van der Waals surface area contributed by atoms with Crippen molar-refractivity contribution in [3.8, 4) is 5.75 Å². The van der Waals surface area contributed by atoms with Crippen LogP contribution in [0.2, 0.25) is 0 Å². The monoisotopic (exact) mass is 569 g/mol. The van der Waals surface area contributed by atoms with Gasteiger partial charge in [-0.25, -0.2) is 0 Å². The number of rotatable bonds is 8. The zero-order valence-corrected chi connectivity index (χ0v) is 21.3. The summed E-state index contributed by atoms with van der Waals surface area (Å²) in [6.45, 7) is 4.59. The molecule has 0 radical (unpaired) electrons. The molecule has 0 saturated heterocycles. The fourth-order valence-electron chi connectivity index (χ4n) is 3.38. The second-order valence-electron chi connectivity index (χ2n) is 8.30. The number of carbonyl (C=O) groups excluding carboxylic acids is 1. The lowest BCUT2D eigenvalue weighted by Gasteiger charge is -2.25. The molecular weight excluding hydrogens is 547 g/mol. The molecule has 3 rings (SSSR count). The Morgan fingerprint density at radius 3 is 2.34 bits per heavy atom. The van der Waals surface area contributed by atoms with Gasteiger partial charge in [-0.05, 0) is 60.0 Å². The van der Waals surface area contributed by atoms with Crippen molar-refractivity contribution in [1.29, 1.82) is 0 Å². The molecule has 0 aromatic heterocycles. The van der Waals surface area contributed by atoms with Crippen LogP contribution in [0.4, 0.5) is 13.2 Å². The van der Waals surface area contributed by atoms with E-state index in [1.54, 1.807) is 35.2 Å². The number of alkyl halides is 3. The predicted octanol–water partition coefficient (Wildman–Crippen LogP) is 6.53. The number of benzene rings is 3. The van der Waals surface area contributed by atoms with Gasteiger partial charge in [0.05, 0.1) is 5.56 Å². The van der Waals surface area contributed by atoms with Crippen LogP contribution in [0.15, 0.2) is 82.2 Å². The van der Waals surface area contributed by atoms with Crippen molar-refractivity contribution in [2.75, 3.05) is 6.54 Å². The smallest absolute Gasteiger partial charge is 0.379 e. The van der Waals surface area contributed by atoms with Crippen molar-refractivity contribution in [1.82, 2.24) is 4.90 Å². The van der Waals surface area contributed by atoms with Gasteiger partial charge in [0.1, 0.15) is 10.6 Å². The van der Waals surface area contributed by atoms with E-state index in [-0.39, 0.29) is 24.1 Å². The highest BCUT2D eigenvalue weighted by Crippen LogP contribution is 2.31. The predicted molar refractivity (Wildman–Crippen MR) is 129 cm³/mol. The van der Waals surface area contributed by atoms with Crippen molar-refractivity contribution in [2.24, 2.45) is 5.92 Å². The number of halogens is 4. The Bertz CT molecular complexity index is 1310. The third-order valence-electron chi connectivity index (χ3n) is 4.87. The number of hydrogen-bond donors (Lipinski definition) is 0. The van der Waals surface area contributed by atoms with Crippen molar-refractivity contribution >= 4 is 32.0 Å². The fourth-order valence-corrected chi connectivity index (χ4v) is 4.75. The van der Waals surface area contributed by atoms with Crippen LogP contribution in [-0.2, 0) is 22.8 Å². The molecule has 3 aromatic rings.